The Labute approximate surface area is 557 Å². The van der Waals surface area contributed by atoms with E-state index in [1.54, 1.807) is 0 Å². The molecular formula is C88H66N8. The van der Waals surface area contributed by atoms with E-state index in [1.807, 2.05) is 0 Å². The summed E-state index contributed by atoms with van der Waals surface area (Å²) in [6.45, 7) is 8.98. The molecule has 4 aromatic heterocycles. The van der Waals surface area contributed by atoms with Crippen molar-refractivity contribution < 1.29 is 0 Å². The van der Waals surface area contributed by atoms with Crippen LogP contribution in [0.1, 0.15) is 22.3 Å². The number of nitrogens with one attached hydrogen (secondary N) is 2. The number of hydrogen-bond donors (Lipinski definition) is 2. The number of rotatable bonds is 14. The second-order valence-corrected chi connectivity index (χ2v) is 25.3. The first-order valence-corrected chi connectivity index (χ1v) is 33.0. The largest absolute Gasteiger partial charge is 0.359 e. The van der Waals surface area contributed by atoms with Crippen molar-refractivity contribution >= 4 is 144 Å². The van der Waals surface area contributed by atoms with E-state index in [4.69, 9.17) is 0 Å². The molecule has 0 bridgehead atoms. The number of aromatic nitrogens is 4. The molecule has 2 N–H and O–H groups in total. The minimum Gasteiger partial charge on any atom is -0.359 e. The number of benzene rings is 14. The van der Waals surface area contributed by atoms with E-state index in [2.05, 4.69) is 382 Å². The van der Waals surface area contributed by atoms with Crippen molar-refractivity contribution in [3.63, 3.8) is 0 Å². The minimum absolute atomic E-state index is 1.04. The van der Waals surface area contributed by atoms with Gasteiger partial charge in [0.25, 0.3) is 0 Å². The molecule has 0 unspecified atom stereocenters. The standard InChI is InChI=1S/C88H66N8/c1-57-27-11-21-41-73(57)93(83-53-89-71-39-19-15-35-63(71)83)79-51-81(95(75-43-23-13-29-59(75)3)85-55-91(61-31-7-5-8-32-61)77-45-25-17-37-65(77)85)69-49-50-70-82(96(76-44-24-14-30-60(76)4)86-56-92(62-33-9-6-10-34-62)78-46-26-18-38-66(78)86)52-80(68-48-47-67(79)87(69)88(68)70)94(74-42-22-12-28-58(74)2)84-54-90-72-40-20-16-36-64(72)84/h5-56,89-90H,1-4H3. The maximum atomic E-state index is 3.74. The molecular weight excluding hydrogens is 1170 g/mol. The van der Waals surface area contributed by atoms with Crippen molar-refractivity contribution in [1.29, 1.82) is 0 Å². The molecule has 0 radical (unpaired) electrons. The first-order chi connectivity index (χ1) is 47.3. The van der Waals surface area contributed by atoms with Gasteiger partial charge in [-0.05, 0) is 135 Å². The van der Waals surface area contributed by atoms with Gasteiger partial charge in [-0.1, -0.05) is 206 Å². The molecule has 18 rings (SSSR count). The zero-order chi connectivity index (χ0) is 64.1. The minimum atomic E-state index is 1.04. The van der Waals surface area contributed by atoms with Gasteiger partial charge in [0.15, 0.2) is 0 Å². The summed E-state index contributed by atoms with van der Waals surface area (Å²) < 4.78 is 4.72. The van der Waals surface area contributed by atoms with Crippen molar-refractivity contribution in [2.24, 2.45) is 0 Å². The quantitative estimate of drug-likeness (QED) is 0.107. The van der Waals surface area contributed by atoms with Gasteiger partial charge < -0.3 is 38.7 Å². The topological polar surface area (TPSA) is 54.4 Å². The van der Waals surface area contributed by atoms with Crippen LogP contribution in [-0.2, 0) is 0 Å². The molecule has 0 atom stereocenters. The van der Waals surface area contributed by atoms with E-state index in [-0.39, 0.29) is 0 Å². The lowest BCUT2D eigenvalue weighted by molar-refractivity contribution is 1.12. The second kappa shape index (κ2) is 22.7. The van der Waals surface area contributed by atoms with Crippen LogP contribution in [0.3, 0.4) is 0 Å². The molecule has 0 amide bonds. The Morgan fingerprint density at radius 3 is 0.854 bits per heavy atom. The Kier molecular flexibility index (Phi) is 13.3. The van der Waals surface area contributed by atoms with Gasteiger partial charge in [0, 0.05) is 124 Å². The third kappa shape index (κ3) is 8.90. The number of anilines is 12. The molecule has 14 aromatic carbocycles. The summed E-state index contributed by atoms with van der Waals surface area (Å²) in [5.41, 5.74) is 23.8. The van der Waals surface area contributed by atoms with Gasteiger partial charge in [-0.25, -0.2) is 0 Å². The monoisotopic (exact) mass is 1230 g/mol. The van der Waals surface area contributed by atoms with E-state index < -0.39 is 0 Å². The van der Waals surface area contributed by atoms with E-state index in [0.717, 1.165) is 178 Å². The molecule has 4 heterocycles. The Bertz CT molecular complexity index is 5640. The van der Waals surface area contributed by atoms with E-state index in [1.165, 1.54) is 0 Å². The van der Waals surface area contributed by atoms with Gasteiger partial charge >= 0.3 is 0 Å². The Balaban J connectivity index is 1.06. The van der Waals surface area contributed by atoms with Gasteiger partial charge in [-0.2, -0.15) is 0 Å². The maximum absolute atomic E-state index is 3.74. The number of aromatic amines is 2. The Hall–Kier alpha value is -12.5. The molecule has 0 aliphatic carbocycles. The highest BCUT2D eigenvalue weighted by molar-refractivity contribution is 6.34. The third-order valence-electron chi connectivity index (χ3n) is 19.7. The zero-order valence-electron chi connectivity index (χ0n) is 53.7. The van der Waals surface area contributed by atoms with Crippen molar-refractivity contribution in [3.8, 4) is 11.4 Å². The number of H-pyrrole nitrogens is 2. The Morgan fingerprint density at radius 2 is 0.510 bits per heavy atom. The second-order valence-electron chi connectivity index (χ2n) is 25.3. The molecule has 8 nitrogen and oxygen atoms in total. The van der Waals surface area contributed by atoms with Gasteiger partial charge in [0.1, 0.15) is 0 Å². The smallest absolute Gasteiger partial charge is 0.0721 e. The number of para-hydroxylation sites is 10. The van der Waals surface area contributed by atoms with Crippen molar-refractivity contribution in [2.75, 3.05) is 19.6 Å². The number of hydrogen-bond acceptors (Lipinski definition) is 4. The third-order valence-corrected chi connectivity index (χ3v) is 19.7. The van der Waals surface area contributed by atoms with Crippen molar-refractivity contribution in [1.82, 2.24) is 19.1 Å². The average Bonchev–Trinajstić information content (AvgIpc) is 0.852. The molecule has 0 saturated heterocycles. The molecule has 458 valence electrons. The maximum Gasteiger partial charge on any atom is 0.0721 e. The first-order valence-electron chi connectivity index (χ1n) is 33.0. The number of aryl methyl sites for hydroxylation is 4. The summed E-state index contributed by atoms with van der Waals surface area (Å²) >= 11 is 0. The highest BCUT2D eigenvalue weighted by Gasteiger charge is 2.33. The number of nitrogens with zero attached hydrogens (tertiary/aromatic N) is 6. The zero-order valence-corrected chi connectivity index (χ0v) is 53.7. The summed E-state index contributed by atoms with van der Waals surface area (Å²) in [4.78, 5) is 17.6. The average molecular weight is 1240 g/mol. The van der Waals surface area contributed by atoms with Crippen LogP contribution in [0, 0.1) is 27.7 Å². The molecule has 0 aliphatic rings. The summed E-state index contributed by atoms with van der Waals surface area (Å²) in [6.07, 6.45) is 9.11. The fraction of sp³-hybridized carbons (Fsp3) is 0.0455. The normalized spacial score (nSPS) is 11.8. The van der Waals surface area contributed by atoms with Crippen molar-refractivity contribution in [3.05, 3.63) is 338 Å². The molecule has 0 saturated carbocycles. The number of fused-ring (bicyclic) bond motifs is 4. The predicted octanol–water partition coefficient (Wildman–Crippen LogP) is 24.5. The van der Waals surface area contributed by atoms with Crippen LogP contribution in [0.15, 0.2) is 316 Å². The van der Waals surface area contributed by atoms with Gasteiger partial charge in [0.05, 0.1) is 56.5 Å². The summed E-state index contributed by atoms with van der Waals surface area (Å²) in [5.74, 6) is 0. The summed E-state index contributed by atoms with van der Waals surface area (Å²) in [6, 6.07) is 107. The fourth-order valence-corrected chi connectivity index (χ4v) is 15.2. The van der Waals surface area contributed by atoms with Crippen molar-refractivity contribution in [2.45, 2.75) is 27.7 Å². The lowest BCUT2D eigenvalue weighted by atomic mass is 9.88. The molecule has 18 aromatic rings. The summed E-state index contributed by atoms with van der Waals surface area (Å²) in [5, 5.41) is 11.2. The van der Waals surface area contributed by atoms with Crippen LogP contribution in [-0.4, -0.2) is 19.1 Å². The Morgan fingerprint density at radius 1 is 0.229 bits per heavy atom. The SMILES string of the molecule is Cc1ccccc1N(c1c[nH]c2ccccc12)c1cc(N(c2ccccc2C)c2cn(-c3ccccc3)c3ccccc23)c2ccc3c(N(c4ccccc4C)c4cn(-c5ccccc5)c5ccccc45)cc(N(c4ccccc4C)c4c[nH]c5ccccc45)c4ccc1c2c43. The van der Waals surface area contributed by atoms with Crippen LogP contribution in [0.2, 0.25) is 0 Å². The first kappa shape index (κ1) is 56.2. The van der Waals surface area contributed by atoms with Crippen LogP contribution >= 0.6 is 0 Å². The molecule has 0 aliphatic heterocycles. The van der Waals surface area contributed by atoms with Crippen LogP contribution in [0.4, 0.5) is 68.2 Å². The summed E-state index contributed by atoms with van der Waals surface area (Å²) in [7, 11) is 0. The molecule has 8 heteroatoms. The van der Waals surface area contributed by atoms with E-state index in [0.29, 0.717) is 0 Å². The van der Waals surface area contributed by atoms with Crippen LogP contribution in [0.5, 0.6) is 0 Å². The predicted molar refractivity (Wildman–Crippen MR) is 405 cm³/mol. The van der Waals surface area contributed by atoms with E-state index in [9.17, 15) is 0 Å². The van der Waals surface area contributed by atoms with E-state index >= 15 is 0 Å². The van der Waals surface area contributed by atoms with Crippen LogP contribution < -0.4 is 19.6 Å². The molecule has 0 spiro atoms. The van der Waals surface area contributed by atoms with Gasteiger partial charge in [-0.3, -0.25) is 0 Å². The lowest BCUT2D eigenvalue weighted by Gasteiger charge is -2.35. The van der Waals surface area contributed by atoms with Gasteiger partial charge in [-0.15, -0.1) is 0 Å². The lowest BCUT2D eigenvalue weighted by Crippen LogP contribution is -2.17. The van der Waals surface area contributed by atoms with Gasteiger partial charge in [0.2, 0.25) is 0 Å². The fourth-order valence-electron chi connectivity index (χ4n) is 15.2. The molecule has 96 heavy (non-hydrogen) atoms. The highest BCUT2D eigenvalue weighted by atomic mass is 15.2. The highest BCUT2D eigenvalue weighted by Crippen LogP contribution is 2.58. The molecule has 0 fully saturated rings. The van der Waals surface area contributed by atoms with Crippen LogP contribution in [0.25, 0.3) is 87.3 Å².